The van der Waals surface area contributed by atoms with Gasteiger partial charge in [0.2, 0.25) is 11.6 Å². The number of benzene rings is 3. The van der Waals surface area contributed by atoms with Crippen LogP contribution in [0.1, 0.15) is 17.2 Å². The van der Waals surface area contributed by atoms with Gasteiger partial charge in [0, 0.05) is 26.2 Å². The van der Waals surface area contributed by atoms with E-state index >= 15 is 0 Å². The molecule has 1 fully saturated rings. The Morgan fingerprint density at radius 2 is 1.32 bits per heavy atom. The predicted octanol–water partition coefficient (Wildman–Crippen LogP) is 4.64. The molecule has 0 bridgehead atoms. The summed E-state index contributed by atoms with van der Waals surface area (Å²) in [5.41, 5.74) is 3.85. The first-order valence-corrected chi connectivity index (χ1v) is 12.2. The first-order chi connectivity index (χ1) is 18.2. The molecule has 2 aromatic heterocycles. The van der Waals surface area contributed by atoms with Crippen LogP contribution in [0.2, 0.25) is 0 Å². The number of nitrogens with zero attached hydrogens (tertiary/aromatic N) is 7. The quantitative estimate of drug-likeness (QED) is 0.252. The molecule has 1 aliphatic heterocycles. The number of piperazine rings is 1. The molecule has 0 saturated carbocycles. The molecule has 5 aromatic rings. The van der Waals surface area contributed by atoms with E-state index in [-0.39, 0.29) is 22.5 Å². The lowest BCUT2D eigenvalue weighted by Gasteiger charge is -2.40. The summed E-state index contributed by atoms with van der Waals surface area (Å²) in [6, 6.07) is 28.5. The first-order valence-electron chi connectivity index (χ1n) is 12.2. The van der Waals surface area contributed by atoms with Crippen LogP contribution in [0.4, 0.5) is 11.5 Å². The van der Waals surface area contributed by atoms with Crippen LogP contribution in [-0.2, 0) is 0 Å². The number of rotatable bonds is 6. The van der Waals surface area contributed by atoms with Crippen LogP contribution in [0.15, 0.2) is 97.6 Å². The van der Waals surface area contributed by atoms with Crippen molar-refractivity contribution < 1.29 is 4.92 Å². The maximum atomic E-state index is 12.3. The molecule has 3 heterocycles. The van der Waals surface area contributed by atoms with Crippen LogP contribution in [0.5, 0.6) is 0 Å². The molecule has 184 valence electrons. The summed E-state index contributed by atoms with van der Waals surface area (Å²) in [7, 11) is 0. The largest absolute Gasteiger partial charge is 0.354 e. The molecule has 0 amide bonds. The minimum absolute atomic E-state index is 0.109. The van der Waals surface area contributed by atoms with Gasteiger partial charge in [-0.3, -0.25) is 19.6 Å². The normalized spacial score (nSPS) is 14.4. The van der Waals surface area contributed by atoms with Crippen molar-refractivity contribution >= 4 is 22.5 Å². The summed E-state index contributed by atoms with van der Waals surface area (Å²) in [4.78, 5) is 29.4. The molecule has 1 aliphatic rings. The highest BCUT2D eigenvalue weighted by Crippen LogP contribution is 2.35. The SMILES string of the molecule is O=[N+]([O-])c1c(N2CCN(C(c3ccccc3)c3ccccc3)CC2)ncnc1-n1cnc2ccccc21. The second kappa shape index (κ2) is 9.79. The van der Waals surface area contributed by atoms with Gasteiger partial charge < -0.3 is 4.90 Å². The lowest BCUT2D eigenvalue weighted by atomic mass is 9.96. The maximum Gasteiger partial charge on any atom is 0.354 e. The van der Waals surface area contributed by atoms with Gasteiger partial charge in [-0.05, 0) is 23.3 Å². The van der Waals surface area contributed by atoms with Gasteiger partial charge in [0.15, 0.2) is 0 Å². The smallest absolute Gasteiger partial charge is 0.348 e. The number of hydrogen-bond acceptors (Lipinski definition) is 7. The number of aromatic nitrogens is 4. The Balaban J connectivity index is 1.31. The highest BCUT2D eigenvalue weighted by atomic mass is 16.6. The first kappa shape index (κ1) is 22.8. The van der Waals surface area contributed by atoms with E-state index in [0.717, 1.165) is 24.1 Å². The Labute approximate surface area is 213 Å². The van der Waals surface area contributed by atoms with Gasteiger partial charge in [0.05, 0.1) is 22.0 Å². The maximum absolute atomic E-state index is 12.3. The van der Waals surface area contributed by atoms with E-state index in [1.807, 2.05) is 41.3 Å². The van der Waals surface area contributed by atoms with Crippen LogP contribution in [0.25, 0.3) is 16.9 Å². The van der Waals surface area contributed by atoms with Gasteiger partial charge in [-0.2, -0.15) is 0 Å². The van der Waals surface area contributed by atoms with E-state index in [1.54, 1.807) is 10.9 Å². The number of anilines is 1. The minimum Gasteiger partial charge on any atom is -0.348 e. The summed E-state index contributed by atoms with van der Waals surface area (Å²) in [6.07, 6.45) is 2.97. The lowest BCUT2D eigenvalue weighted by Crippen LogP contribution is -2.48. The third-order valence-electron chi connectivity index (χ3n) is 6.86. The molecule has 0 atom stereocenters. The number of imidazole rings is 1. The Hall–Kier alpha value is -4.63. The van der Waals surface area contributed by atoms with Gasteiger partial charge in [-0.25, -0.2) is 15.0 Å². The van der Waals surface area contributed by atoms with E-state index in [9.17, 15) is 10.1 Å². The average molecular weight is 492 g/mol. The van der Waals surface area contributed by atoms with E-state index < -0.39 is 0 Å². The summed E-state index contributed by atoms with van der Waals surface area (Å²) in [6.45, 7) is 2.69. The fourth-order valence-electron chi connectivity index (χ4n) is 5.14. The third kappa shape index (κ3) is 4.30. The van der Waals surface area contributed by atoms with Gasteiger partial charge in [0.25, 0.3) is 0 Å². The monoisotopic (exact) mass is 491 g/mol. The van der Waals surface area contributed by atoms with Crippen molar-refractivity contribution in [1.29, 1.82) is 0 Å². The molecule has 3 aromatic carbocycles. The van der Waals surface area contributed by atoms with Gasteiger partial charge in [-0.1, -0.05) is 72.8 Å². The van der Waals surface area contributed by atoms with Crippen molar-refractivity contribution in [1.82, 2.24) is 24.4 Å². The molecule has 37 heavy (non-hydrogen) atoms. The Morgan fingerprint density at radius 3 is 1.97 bits per heavy atom. The van der Waals surface area contributed by atoms with Crippen molar-refractivity contribution in [2.24, 2.45) is 0 Å². The highest BCUT2D eigenvalue weighted by molar-refractivity contribution is 5.79. The standard InChI is InChI=1S/C28H25N7O2/c36-35(37)26-27(29-19-30-28(26)34-20-31-23-13-7-8-14-24(23)34)33-17-15-32(16-18-33)25(21-9-3-1-4-10-21)22-11-5-2-6-12-22/h1-14,19-20,25H,15-18H2. The van der Waals surface area contributed by atoms with E-state index in [2.05, 4.69) is 68.4 Å². The lowest BCUT2D eigenvalue weighted by molar-refractivity contribution is -0.384. The number of nitro groups is 1. The zero-order valence-electron chi connectivity index (χ0n) is 20.1. The highest BCUT2D eigenvalue weighted by Gasteiger charge is 2.32. The van der Waals surface area contributed by atoms with Crippen molar-refractivity contribution in [2.45, 2.75) is 6.04 Å². The van der Waals surface area contributed by atoms with Crippen LogP contribution in [-0.4, -0.2) is 55.5 Å². The predicted molar refractivity (Wildman–Crippen MR) is 142 cm³/mol. The summed E-state index contributed by atoms with van der Waals surface area (Å²) in [5, 5.41) is 12.3. The van der Waals surface area contributed by atoms with Crippen LogP contribution in [0, 0.1) is 10.1 Å². The van der Waals surface area contributed by atoms with E-state index in [4.69, 9.17) is 0 Å². The van der Waals surface area contributed by atoms with Crippen LogP contribution in [0.3, 0.4) is 0 Å². The van der Waals surface area contributed by atoms with E-state index in [1.165, 1.54) is 17.5 Å². The van der Waals surface area contributed by atoms with Crippen molar-refractivity contribution in [3.63, 3.8) is 0 Å². The van der Waals surface area contributed by atoms with Crippen LogP contribution < -0.4 is 4.90 Å². The molecule has 9 heteroatoms. The number of hydrogen-bond donors (Lipinski definition) is 0. The fraction of sp³-hybridized carbons (Fsp3) is 0.179. The molecule has 0 unspecified atom stereocenters. The summed E-state index contributed by atoms with van der Waals surface area (Å²) < 4.78 is 1.66. The zero-order valence-corrected chi connectivity index (χ0v) is 20.1. The van der Waals surface area contributed by atoms with Gasteiger partial charge in [0.1, 0.15) is 12.7 Å². The summed E-state index contributed by atoms with van der Waals surface area (Å²) >= 11 is 0. The second-order valence-electron chi connectivity index (χ2n) is 8.98. The Bertz CT molecular complexity index is 1490. The third-order valence-corrected chi connectivity index (χ3v) is 6.86. The molecular weight excluding hydrogens is 466 g/mol. The summed E-state index contributed by atoms with van der Waals surface area (Å²) in [5.74, 6) is 0.556. The number of para-hydroxylation sites is 2. The molecule has 0 aliphatic carbocycles. The molecule has 0 spiro atoms. The topological polar surface area (TPSA) is 93.2 Å². The Morgan fingerprint density at radius 1 is 0.730 bits per heavy atom. The molecule has 0 radical (unpaired) electrons. The average Bonchev–Trinajstić information content (AvgIpc) is 3.38. The molecular formula is C28H25N7O2. The number of fused-ring (bicyclic) bond motifs is 1. The van der Waals surface area contributed by atoms with Crippen molar-refractivity contribution in [3.8, 4) is 5.82 Å². The van der Waals surface area contributed by atoms with Gasteiger partial charge in [-0.15, -0.1) is 0 Å². The fourth-order valence-corrected chi connectivity index (χ4v) is 5.14. The molecule has 0 N–H and O–H groups in total. The van der Waals surface area contributed by atoms with Crippen LogP contribution >= 0.6 is 0 Å². The zero-order chi connectivity index (χ0) is 25.2. The molecule has 6 rings (SSSR count). The van der Waals surface area contributed by atoms with Gasteiger partial charge >= 0.3 is 5.69 Å². The molecule has 1 saturated heterocycles. The van der Waals surface area contributed by atoms with E-state index in [0.29, 0.717) is 18.9 Å². The Kier molecular flexibility index (Phi) is 6.03. The minimum atomic E-state index is -0.386. The van der Waals surface area contributed by atoms with Crippen molar-refractivity contribution in [2.75, 3.05) is 31.1 Å². The van der Waals surface area contributed by atoms with Crippen molar-refractivity contribution in [3.05, 3.63) is 119 Å². The molecule has 9 nitrogen and oxygen atoms in total. The second-order valence-corrected chi connectivity index (χ2v) is 8.98.